The fourth-order valence-electron chi connectivity index (χ4n) is 2.53. The number of nitro benzene ring substituents is 1. The van der Waals surface area contributed by atoms with Gasteiger partial charge in [-0.2, -0.15) is 13.2 Å². The third-order valence-corrected chi connectivity index (χ3v) is 5.43. The van der Waals surface area contributed by atoms with Crippen molar-refractivity contribution in [2.45, 2.75) is 26.4 Å². The summed E-state index contributed by atoms with van der Waals surface area (Å²) in [6, 6.07) is 4.64. The molecular formula is C19H17ClF3NO7P+. The zero-order valence-electron chi connectivity index (χ0n) is 16.8. The first kappa shape index (κ1) is 25.5. The average molecular weight is 495 g/mol. The average Bonchev–Trinajstić information content (AvgIpc) is 2.72. The number of hydrogen-bond acceptors (Lipinski definition) is 7. The highest BCUT2D eigenvalue weighted by Crippen LogP contribution is 2.39. The molecule has 0 radical (unpaired) electrons. The largest absolute Gasteiger partial charge is 0.556 e. The van der Waals surface area contributed by atoms with Crippen molar-refractivity contribution in [2.24, 2.45) is 0 Å². The summed E-state index contributed by atoms with van der Waals surface area (Å²) < 4.78 is 66.2. The molecule has 0 saturated carbocycles. The number of carbonyl (C=O) groups excluding carboxylic acids is 1. The lowest BCUT2D eigenvalue weighted by Crippen LogP contribution is -2.13. The second kappa shape index (κ2) is 10.7. The summed E-state index contributed by atoms with van der Waals surface area (Å²) in [5, 5.41) is 10.7. The van der Waals surface area contributed by atoms with Crippen molar-refractivity contribution in [3.63, 3.8) is 0 Å². The number of carbonyl (C=O) groups is 1. The monoisotopic (exact) mass is 494 g/mol. The predicted molar refractivity (Wildman–Crippen MR) is 109 cm³/mol. The molecule has 172 valence electrons. The van der Waals surface area contributed by atoms with E-state index in [9.17, 15) is 32.6 Å². The molecule has 0 aliphatic carbocycles. The number of alkyl halides is 3. The van der Waals surface area contributed by atoms with E-state index in [2.05, 4.69) is 4.74 Å². The second-order valence-electron chi connectivity index (χ2n) is 6.14. The van der Waals surface area contributed by atoms with E-state index in [0.717, 1.165) is 24.3 Å². The fourth-order valence-corrected chi connectivity index (χ4v) is 3.66. The SMILES string of the molecule is CCOC(=O)CO[P+](=O)c1cc(Oc2ccc(C(F)(F)F)cc2Cl)c(CC)cc1[N+](=O)[O-]. The molecule has 0 spiro atoms. The van der Waals surface area contributed by atoms with Gasteiger partial charge in [-0.15, -0.1) is 4.52 Å². The van der Waals surface area contributed by atoms with Crippen LogP contribution in [-0.2, 0) is 31.2 Å². The maximum absolute atomic E-state index is 12.8. The molecule has 0 aliphatic rings. The van der Waals surface area contributed by atoms with Crippen LogP contribution >= 0.6 is 19.6 Å². The van der Waals surface area contributed by atoms with Crippen LogP contribution in [0.15, 0.2) is 30.3 Å². The molecule has 0 heterocycles. The highest BCUT2D eigenvalue weighted by molar-refractivity contribution is 7.48. The Bertz CT molecular complexity index is 1050. The molecule has 13 heteroatoms. The maximum Gasteiger partial charge on any atom is 0.556 e. The van der Waals surface area contributed by atoms with Crippen LogP contribution in [-0.4, -0.2) is 24.1 Å². The molecule has 1 atom stereocenters. The van der Waals surface area contributed by atoms with E-state index in [-0.39, 0.29) is 34.9 Å². The minimum absolute atomic E-state index is 0.0159. The van der Waals surface area contributed by atoms with E-state index in [4.69, 9.17) is 20.9 Å². The molecule has 0 aliphatic heterocycles. The van der Waals surface area contributed by atoms with Crippen molar-refractivity contribution >= 4 is 36.6 Å². The van der Waals surface area contributed by atoms with Crippen LogP contribution in [0.3, 0.4) is 0 Å². The van der Waals surface area contributed by atoms with Crippen LogP contribution in [0, 0.1) is 10.1 Å². The first-order valence-electron chi connectivity index (χ1n) is 9.09. The molecule has 2 rings (SSSR count). The van der Waals surface area contributed by atoms with E-state index < -0.39 is 43.0 Å². The molecule has 0 saturated heterocycles. The molecule has 0 amide bonds. The first-order valence-corrected chi connectivity index (χ1v) is 10.6. The summed E-state index contributed by atoms with van der Waals surface area (Å²) in [5.74, 6) is -0.966. The van der Waals surface area contributed by atoms with Gasteiger partial charge in [0, 0.05) is 17.7 Å². The number of aryl methyl sites for hydroxylation is 1. The molecule has 0 fully saturated rings. The number of benzene rings is 2. The van der Waals surface area contributed by atoms with Gasteiger partial charge in [0.15, 0.2) is 0 Å². The Morgan fingerprint density at radius 2 is 1.88 bits per heavy atom. The smallest absolute Gasteiger partial charge is 0.464 e. The lowest BCUT2D eigenvalue weighted by atomic mass is 10.1. The zero-order valence-corrected chi connectivity index (χ0v) is 18.4. The van der Waals surface area contributed by atoms with E-state index in [1.807, 2.05) is 0 Å². The Balaban J connectivity index is 2.43. The van der Waals surface area contributed by atoms with Gasteiger partial charge in [0.1, 0.15) is 11.5 Å². The lowest BCUT2D eigenvalue weighted by Gasteiger charge is -2.13. The number of hydrogen-bond donors (Lipinski definition) is 0. The molecule has 2 aromatic rings. The molecule has 0 aromatic heterocycles. The van der Waals surface area contributed by atoms with Crippen molar-refractivity contribution in [3.8, 4) is 11.5 Å². The third-order valence-electron chi connectivity index (χ3n) is 4.02. The van der Waals surface area contributed by atoms with Gasteiger partial charge in [0.05, 0.1) is 22.1 Å². The summed E-state index contributed by atoms with van der Waals surface area (Å²) in [7, 11) is -2.86. The summed E-state index contributed by atoms with van der Waals surface area (Å²) in [5.41, 5.74) is -1.20. The third kappa shape index (κ3) is 6.38. The number of nitro groups is 1. The highest BCUT2D eigenvalue weighted by atomic mass is 35.5. The Morgan fingerprint density at radius 1 is 1.19 bits per heavy atom. The summed E-state index contributed by atoms with van der Waals surface area (Å²) >= 11 is 5.91. The standard InChI is InChI=1S/C19H17ClF3NO7P/c1-3-11-7-14(24(26)27)17(32(28)30-10-18(25)29-4-2)9-16(11)31-15-6-5-12(8-13(15)20)19(21,22)23/h5-9H,3-4,10H2,1-2H3/q+1. The minimum atomic E-state index is -4.61. The maximum atomic E-state index is 12.8. The first-order chi connectivity index (χ1) is 15.0. The topological polar surface area (TPSA) is 105 Å². The van der Waals surface area contributed by atoms with E-state index in [1.54, 1.807) is 13.8 Å². The number of esters is 1. The van der Waals surface area contributed by atoms with Gasteiger partial charge < -0.3 is 9.47 Å². The van der Waals surface area contributed by atoms with Crippen LogP contribution in [0.4, 0.5) is 18.9 Å². The van der Waals surface area contributed by atoms with Gasteiger partial charge >= 0.3 is 31.2 Å². The van der Waals surface area contributed by atoms with Gasteiger partial charge in [-0.25, -0.2) is 4.79 Å². The van der Waals surface area contributed by atoms with E-state index in [1.165, 1.54) is 0 Å². The molecular weight excluding hydrogens is 478 g/mol. The van der Waals surface area contributed by atoms with E-state index in [0.29, 0.717) is 11.6 Å². The number of rotatable bonds is 9. The summed E-state index contributed by atoms with van der Waals surface area (Å²) in [4.78, 5) is 22.1. The predicted octanol–water partition coefficient (Wildman–Crippen LogP) is 5.57. The van der Waals surface area contributed by atoms with Crippen LogP contribution < -0.4 is 10.0 Å². The zero-order chi connectivity index (χ0) is 24.1. The van der Waals surface area contributed by atoms with Crippen LogP contribution in [0.25, 0.3) is 0 Å². The fraction of sp³-hybridized carbons (Fsp3) is 0.316. The highest BCUT2D eigenvalue weighted by Gasteiger charge is 2.36. The molecule has 32 heavy (non-hydrogen) atoms. The quantitative estimate of drug-likeness (QED) is 0.194. The number of halogens is 4. The van der Waals surface area contributed by atoms with Crippen molar-refractivity contribution in [2.75, 3.05) is 13.2 Å². The van der Waals surface area contributed by atoms with Crippen molar-refractivity contribution < 1.29 is 41.5 Å². The van der Waals surface area contributed by atoms with E-state index >= 15 is 0 Å². The Labute approximate surface area is 186 Å². The lowest BCUT2D eigenvalue weighted by molar-refractivity contribution is -0.383. The van der Waals surface area contributed by atoms with Gasteiger partial charge in [-0.3, -0.25) is 10.1 Å². The van der Waals surface area contributed by atoms with Crippen molar-refractivity contribution in [1.29, 1.82) is 0 Å². The molecule has 2 aromatic carbocycles. The molecule has 1 unspecified atom stereocenters. The Kier molecular flexibility index (Phi) is 8.54. The van der Waals surface area contributed by atoms with Gasteiger partial charge in [-0.1, -0.05) is 18.5 Å². The minimum Gasteiger partial charge on any atom is -0.464 e. The van der Waals surface area contributed by atoms with Crippen LogP contribution in [0.1, 0.15) is 25.0 Å². The summed E-state index contributed by atoms with van der Waals surface area (Å²) in [6.07, 6.45) is -4.36. The van der Waals surface area contributed by atoms with Crippen LogP contribution in [0.5, 0.6) is 11.5 Å². The molecule has 8 nitrogen and oxygen atoms in total. The van der Waals surface area contributed by atoms with Crippen LogP contribution in [0.2, 0.25) is 5.02 Å². The summed E-state index contributed by atoms with van der Waals surface area (Å²) in [6.45, 7) is 2.59. The number of ether oxygens (including phenoxy) is 2. The van der Waals surface area contributed by atoms with Gasteiger partial charge in [0.25, 0.3) is 0 Å². The Morgan fingerprint density at radius 3 is 2.41 bits per heavy atom. The normalized spacial score (nSPS) is 11.8. The van der Waals surface area contributed by atoms with Gasteiger partial charge in [0.2, 0.25) is 6.61 Å². The second-order valence-corrected chi connectivity index (χ2v) is 7.80. The number of nitrogens with zero attached hydrogens (tertiary/aromatic N) is 1. The van der Waals surface area contributed by atoms with Crippen molar-refractivity contribution in [1.82, 2.24) is 0 Å². The van der Waals surface area contributed by atoms with Crippen molar-refractivity contribution in [3.05, 3.63) is 56.6 Å². The molecule has 0 bridgehead atoms. The van der Waals surface area contributed by atoms with Gasteiger partial charge in [-0.05, 0) is 36.1 Å². The Hall–Kier alpha value is -2.75. The molecule has 0 N–H and O–H groups in total.